The molecule has 7 heteroatoms. The summed E-state index contributed by atoms with van der Waals surface area (Å²) in [7, 11) is 0. The van der Waals surface area contributed by atoms with Crippen molar-refractivity contribution in [1.29, 1.82) is 0 Å². The molecule has 1 atom stereocenters. The highest BCUT2D eigenvalue weighted by molar-refractivity contribution is 5.28. The van der Waals surface area contributed by atoms with E-state index in [1.54, 1.807) is 12.1 Å². The van der Waals surface area contributed by atoms with Gasteiger partial charge in [-0.15, -0.1) is 0 Å². The minimum Gasteiger partial charge on any atom is -0.508 e. The SMILES string of the molecule is Fc1ncc(F)c(F)n1.Oc1ccc(C2CCCN2)cc1. The number of phenols is 1. The number of halogens is 3. The summed E-state index contributed by atoms with van der Waals surface area (Å²) < 4.78 is 35.4. The van der Waals surface area contributed by atoms with Crippen LogP contribution in [-0.2, 0) is 0 Å². The van der Waals surface area contributed by atoms with Crippen LogP contribution in [0.1, 0.15) is 24.4 Å². The smallest absolute Gasteiger partial charge is 0.311 e. The highest BCUT2D eigenvalue weighted by Crippen LogP contribution is 2.24. The number of hydrogen-bond donors (Lipinski definition) is 2. The number of aromatic nitrogens is 2. The van der Waals surface area contributed by atoms with Gasteiger partial charge in [0.15, 0.2) is 5.82 Å². The Bertz CT molecular complexity index is 587. The van der Waals surface area contributed by atoms with Crippen LogP contribution in [0.3, 0.4) is 0 Å². The topological polar surface area (TPSA) is 58.0 Å². The predicted octanol–water partition coefficient (Wildman–Crippen LogP) is 2.71. The largest absolute Gasteiger partial charge is 0.508 e. The van der Waals surface area contributed by atoms with Gasteiger partial charge in [-0.25, -0.2) is 9.37 Å². The van der Waals surface area contributed by atoms with Crippen LogP contribution in [0.25, 0.3) is 0 Å². The third-order valence-electron chi connectivity index (χ3n) is 3.03. The lowest BCUT2D eigenvalue weighted by atomic mass is 10.1. The Kier molecular flexibility index (Phi) is 5.10. The van der Waals surface area contributed by atoms with Gasteiger partial charge in [0.25, 0.3) is 5.95 Å². The Morgan fingerprint density at radius 2 is 1.86 bits per heavy atom. The fourth-order valence-electron chi connectivity index (χ4n) is 2.00. The highest BCUT2D eigenvalue weighted by Gasteiger charge is 2.15. The summed E-state index contributed by atoms with van der Waals surface area (Å²) in [5, 5.41) is 12.5. The molecule has 1 aliphatic heterocycles. The maximum absolute atomic E-state index is 11.8. The molecule has 2 aromatic rings. The van der Waals surface area contributed by atoms with Crippen LogP contribution in [-0.4, -0.2) is 21.6 Å². The molecule has 1 aliphatic rings. The van der Waals surface area contributed by atoms with Gasteiger partial charge in [0.05, 0.1) is 6.20 Å². The standard InChI is InChI=1S/C10H13NO.C4HF3N2/c12-9-5-3-8(4-6-9)10-2-1-7-11-10;5-2-1-8-4(7)9-3(2)6/h3-6,10-12H,1-2,7H2;1H. The second-order valence-corrected chi connectivity index (χ2v) is 4.52. The number of phenolic OH excluding ortho intramolecular Hbond substituents is 1. The van der Waals surface area contributed by atoms with Gasteiger partial charge in [0.1, 0.15) is 5.75 Å². The Labute approximate surface area is 119 Å². The maximum atomic E-state index is 11.8. The van der Waals surface area contributed by atoms with E-state index in [0.717, 1.165) is 6.54 Å². The van der Waals surface area contributed by atoms with E-state index in [-0.39, 0.29) is 0 Å². The summed E-state index contributed by atoms with van der Waals surface area (Å²) in [5.41, 5.74) is 1.28. The first-order valence-corrected chi connectivity index (χ1v) is 6.42. The van der Waals surface area contributed by atoms with E-state index < -0.39 is 17.8 Å². The Hall–Kier alpha value is -2.15. The number of hydrogen-bond acceptors (Lipinski definition) is 4. The quantitative estimate of drug-likeness (QED) is 0.627. The fraction of sp³-hybridized carbons (Fsp3) is 0.286. The zero-order valence-electron chi connectivity index (χ0n) is 11.1. The molecule has 1 aromatic heterocycles. The lowest BCUT2D eigenvalue weighted by molar-refractivity contribution is 0.426. The summed E-state index contributed by atoms with van der Waals surface area (Å²) >= 11 is 0. The van der Waals surface area contributed by atoms with Gasteiger partial charge in [-0.2, -0.15) is 13.8 Å². The van der Waals surface area contributed by atoms with Crippen LogP contribution in [0.4, 0.5) is 13.2 Å². The van der Waals surface area contributed by atoms with E-state index in [9.17, 15) is 13.2 Å². The molecule has 0 bridgehead atoms. The molecule has 2 N–H and O–H groups in total. The average molecular weight is 297 g/mol. The van der Waals surface area contributed by atoms with Crippen molar-refractivity contribution in [3.05, 3.63) is 53.9 Å². The first-order chi connectivity index (χ1) is 10.1. The lowest BCUT2D eigenvalue weighted by Crippen LogP contribution is -2.12. The molecule has 2 heterocycles. The number of nitrogens with zero attached hydrogens (tertiary/aromatic N) is 2. The van der Waals surface area contributed by atoms with Gasteiger partial charge in [0, 0.05) is 6.04 Å². The molecular weight excluding hydrogens is 283 g/mol. The number of rotatable bonds is 1. The van der Waals surface area contributed by atoms with Crippen molar-refractivity contribution in [2.75, 3.05) is 6.54 Å². The minimum absolute atomic E-state index is 0.344. The van der Waals surface area contributed by atoms with E-state index in [4.69, 9.17) is 5.11 Å². The molecule has 21 heavy (non-hydrogen) atoms. The Balaban J connectivity index is 0.000000161. The van der Waals surface area contributed by atoms with E-state index in [2.05, 4.69) is 15.3 Å². The second-order valence-electron chi connectivity index (χ2n) is 4.52. The van der Waals surface area contributed by atoms with Crippen molar-refractivity contribution in [3.63, 3.8) is 0 Å². The molecule has 0 aliphatic carbocycles. The third kappa shape index (κ3) is 4.42. The molecule has 112 valence electrons. The van der Waals surface area contributed by atoms with Crippen molar-refractivity contribution in [3.8, 4) is 5.75 Å². The van der Waals surface area contributed by atoms with Gasteiger partial charge in [-0.1, -0.05) is 12.1 Å². The zero-order valence-corrected chi connectivity index (χ0v) is 11.1. The van der Waals surface area contributed by atoms with E-state index in [1.807, 2.05) is 12.1 Å². The molecule has 1 unspecified atom stereocenters. The summed E-state index contributed by atoms with van der Waals surface area (Å²) in [6.45, 7) is 1.12. The molecule has 0 spiro atoms. The molecule has 1 fully saturated rings. The molecule has 0 radical (unpaired) electrons. The van der Waals surface area contributed by atoms with Crippen molar-refractivity contribution in [2.24, 2.45) is 0 Å². The first-order valence-electron chi connectivity index (χ1n) is 6.42. The lowest BCUT2D eigenvalue weighted by Gasteiger charge is -2.09. The minimum atomic E-state index is -1.47. The number of nitrogens with one attached hydrogen (secondary N) is 1. The Morgan fingerprint density at radius 1 is 1.14 bits per heavy atom. The van der Waals surface area contributed by atoms with Crippen molar-refractivity contribution in [1.82, 2.24) is 15.3 Å². The highest BCUT2D eigenvalue weighted by atomic mass is 19.2. The summed E-state index contributed by atoms with van der Waals surface area (Å²) in [4.78, 5) is 5.20. The van der Waals surface area contributed by atoms with Gasteiger partial charge in [-0.3, -0.25) is 0 Å². The molecule has 1 aromatic carbocycles. The van der Waals surface area contributed by atoms with Gasteiger partial charge < -0.3 is 10.4 Å². The molecular formula is C14H14F3N3O. The van der Waals surface area contributed by atoms with Crippen LogP contribution in [0.2, 0.25) is 0 Å². The molecule has 3 rings (SSSR count). The maximum Gasteiger partial charge on any atom is 0.311 e. The molecule has 0 saturated carbocycles. The summed E-state index contributed by atoms with van der Waals surface area (Å²) in [5.74, 6) is -2.38. The van der Waals surface area contributed by atoms with Crippen LogP contribution in [0, 0.1) is 17.8 Å². The van der Waals surface area contributed by atoms with Crippen LogP contribution >= 0.6 is 0 Å². The fourth-order valence-corrected chi connectivity index (χ4v) is 2.00. The molecule has 4 nitrogen and oxygen atoms in total. The van der Waals surface area contributed by atoms with Gasteiger partial charge in [-0.05, 0) is 37.1 Å². The van der Waals surface area contributed by atoms with Gasteiger partial charge in [0.2, 0.25) is 0 Å². The van der Waals surface area contributed by atoms with Crippen molar-refractivity contribution >= 4 is 0 Å². The normalized spacial score (nSPS) is 17.2. The average Bonchev–Trinajstić information content (AvgIpc) is 2.99. The summed E-state index contributed by atoms with van der Waals surface area (Å²) in [6, 6.07) is 7.96. The van der Waals surface area contributed by atoms with E-state index in [1.165, 1.54) is 18.4 Å². The molecule has 1 saturated heterocycles. The van der Waals surface area contributed by atoms with Crippen molar-refractivity contribution in [2.45, 2.75) is 18.9 Å². The number of aromatic hydroxyl groups is 1. The van der Waals surface area contributed by atoms with E-state index in [0.29, 0.717) is 18.0 Å². The van der Waals surface area contributed by atoms with Crippen LogP contribution < -0.4 is 5.32 Å². The van der Waals surface area contributed by atoms with Crippen LogP contribution in [0.5, 0.6) is 5.75 Å². The summed E-state index contributed by atoms with van der Waals surface area (Å²) in [6.07, 6.45) is 1.63. The zero-order chi connectivity index (χ0) is 15.2. The van der Waals surface area contributed by atoms with E-state index >= 15 is 0 Å². The predicted molar refractivity (Wildman–Crippen MR) is 70.0 cm³/mol. The van der Waals surface area contributed by atoms with Crippen molar-refractivity contribution < 1.29 is 18.3 Å². The first kappa shape index (κ1) is 15.2. The molecule has 0 amide bonds. The second kappa shape index (κ2) is 7.03. The van der Waals surface area contributed by atoms with Crippen LogP contribution in [0.15, 0.2) is 30.5 Å². The number of benzene rings is 1. The third-order valence-corrected chi connectivity index (χ3v) is 3.03. The monoisotopic (exact) mass is 297 g/mol. The van der Waals surface area contributed by atoms with Gasteiger partial charge >= 0.3 is 6.08 Å². The Morgan fingerprint density at radius 3 is 2.38 bits per heavy atom.